The monoisotopic (exact) mass is 906 g/mol. The van der Waals surface area contributed by atoms with E-state index in [1.165, 1.54) is 56.3 Å². The number of phenols is 1. The SMILES string of the molecule is CC.CCCCC(C)CC.CCCCC(CC)COc1ccc(C2CC3C(=C(c4ccc(O)cc4)N/C3=C(/C#N)C3Nc4ccccc4S3)/C(=C(\C#N)c3nc4ccccc4s3)N2)cc1. The smallest absolute Gasteiger partial charge is 0.137 e. The van der Waals surface area contributed by atoms with Crippen molar-refractivity contribution < 1.29 is 9.84 Å². The van der Waals surface area contributed by atoms with Gasteiger partial charge in [-0.3, -0.25) is 0 Å². The quantitative estimate of drug-likeness (QED) is 0.0760. The van der Waals surface area contributed by atoms with Crippen molar-refractivity contribution >= 4 is 50.3 Å². The zero-order valence-corrected chi connectivity index (χ0v) is 40.8. The van der Waals surface area contributed by atoms with Crippen molar-refractivity contribution in [2.45, 2.75) is 123 Å². The van der Waals surface area contributed by atoms with Crippen LogP contribution in [0.4, 0.5) is 5.69 Å². The highest BCUT2D eigenvalue weighted by molar-refractivity contribution is 8.00. The van der Waals surface area contributed by atoms with Crippen molar-refractivity contribution in [3.63, 3.8) is 0 Å². The number of allylic oxidation sites excluding steroid dienone is 3. The van der Waals surface area contributed by atoms with Gasteiger partial charge < -0.3 is 25.8 Å². The van der Waals surface area contributed by atoms with E-state index in [1.807, 2.05) is 80.6 Å². The molecule has 10 heteroatoms. The number of ether oxygens (including phenoxy) is 1. The van der Waals surface area contributed by atoms with E-state index < -0.39 is 0 Å². The number of phenolic OH excluding ortho intramolecular Hbond substituents is 1. The third kappa shape index (κ3) is 11.8. The number of aromatic nitrogens is 1. The number of fused-ring (bicyclic) bond motifs is 3. The number of piperidine rings is 1. The maximum Gasteiger partial charge on any atom is 0.137 e. The fraction of sp³-hybridized carbons (Fsp3) is 0.400. The van der Waals surface area contributed by atoms with Crippen molar-refractivity contribution in [3.05, 3.63) is 136 Å². The summed E-state index contributed by atoms with van der Waals surface area (Å²) >= 11 is 3.12. The first kappa shape index (κ1) is 48.8. The summed E-state index contributed by atoms with van der Waals surface area (Å²) in [4.78, 5) is 6.03. The summed E-state index contributed by atoms with van der Waals surface area (Å²) in [6.07, 6.45) is 10.8. The average Bonchev–Trinajstić information content (AvgIpc) is 4.09. The average molecular weight is 907 g/mol. The maximum atomic E-state index is 11.0. The van der Waals surface area contributed by atoms with Crippen LogP contribution in [0.3, 0.4) is 0 Å². The number of rotatable bonds is 15. The van der Waals surface area contributed by atoms with Crippen molar-refractivity contribution in [3.8, 4) is 23.6 Å². The number of aromatic hydroxyl groups is 1. The largest absolute Gasteiger partial charge is 0.508 e. The number of nitrogens with zero attached hydrogens (tertiary/aromatic N) is 3. The predicted molar refractivity (Wildman–Crippen MR) is 272 cm³/mol. The van der Waals surface area contributed by atoms with Crippen molar-refractivity contribution in [2.24, 2.45) is 17.8 Å². The molecule has 3 aliphatic heterocycles. The molecule has 0 amide bonds. The van der Waals surface area contributed by atoms with Crippen LogP contribution in [0.2, 0.25) is 0 Å². The number of nitrogens with one attached hydrogen (secondary N) is 3. The van der Waals surface area contributed by atoms with Gasteiger partial charge in [0.15, 0.2) is 0 Å². The number of thiazole rings is 1. The van der Waals surface area contributed by atoms with Gasteiger partial charge in [0.25, 0.3) is 0 Å². The zero-order chi connectivity index (χ0) is 46.3. The Morgan fingerprint density at radius 2 is 1.55 bits per heavy atom. The molecule has 0 spiro atoms. The van der Waals surface area contributed by atoms with Gasteiger partial charge in [-0.25, -0.2) is 4.98 Å². The Morgan fingerprint density at radius 1 is 0.846 bits per heavy atom. The highest BCUT2D eigenvalue weighted by atomic mass is 32.2. The number of hydrogen-bond acceptors (Lipinski definition) is 10. The Labute approximate surface area is 395 Å². The van der Waals surface area contributed by atoms with E-state index in [4.69, 9.17) is 9.72 Å². The van der Waals surface area contributed by atoms with Crippen LogP contribution in [-0.4, -0.2) is 22.1 Å². The van der Waals surface area contributed by atoms with E-state index in [-0.39, 0.29) is 23.1 Å². The summed E-state index contributed by atoms with van der Waals surface area (Å²) < 4.78 is 7.28. The normalized spacial score (nSPS) is 19.6. The summed E-state index contributed by atoms with van der Waals surface area (Å²) in [6.45, 7) is 16.0. The van der Waals surface area contributed by atoms with Gasteiger partial charge in [0.2, 0.25) is 0 Å². The van der Waals surface area contributed by atoms with Crippen LogP contribution in [0.5, 0.6) is 11.5 Å². The van der Waals surface area contributed by atoms with Crippen LogP contribution < -0.4 is 20.7 Å². The Bertz CT molecular complexity index is 2470. The van der Waals surface area contributed by atoms with E-state index in [2.05, 4.69) is 80.9 Å². The van der Waals surface area contributed by atoms with Crippen molar-refractivity contribution in [1.29, 1.82) is 10.5 Å². The van der Waals surface area contributed by atoms with E-state index >= 15 is 0 Å². The molecular weight excluding hydrogens is 841 g/mol. The lowest BCUT2D eigenvalue weighted by atomic mass is 9.80. The summed E-state index contributed by atoms with van der Waals surface area (Å²) in [6, 6.07) is 36.3. The van der Waals surface area contributed by atoms with Crippen LogP contribution in [-0.2, 0) is 0 Å². The molecule has 1 aromatic heterocycles. The molecule has 5 unspecified atom stereocenters. The van der Waals surface area contributed by atoms with Gasteiger partial charge in [-0.15, -0.1) is 11.3 Å². The molecule has 4 N–H and O–H groups in total. The molecule has 4 aromatic carbocycles. The lowest BCUT2D eigenvalue weighted by molar-refractivity contribution is 0.233. The lowest BCUT2D eigenvalue weighted by Gasteiger charge is -2.34. The van der Waals surface area contributed by atoms with Gasteiger partial charge in [-0.05, 0) is 96.5 Å². The first-order chi connectivity index (χ1) is 31.8. The van der Waals surface area contributed by atoms with E-state index in [0.29, 0.717) is 40.8 Å². The minimum atomic E-state index is -0.300. The Hall–Kier alpha value is -5.68. The zero-order valence-electron chi connectivity index (χ0n) is 39.2. The molecule has 5 aromatic rings. The van der Waals surface area contributed by atoms with E-state index in [1.54, 1.807) is 23.9 Å². The predicted octanol–water partition coefficient (Wildman–Crippen LogP) is 14.8. The highest BCUT2D eigenvalue weighted by Gasteiger charge is 2.44. The Balaban J connectivity index is 0.000000634. The van der Waals surface area contributed by atoms with Crippen molar-refractivity contribution in [2.75, 3.05) is 11.9 Å². The second kappa shape index (κ2) is 24.0. The molecule has 65 heavy (non-hydrogen) atoms. The van der Waals surface area contributed by atoms with Gasteiger partial charge in [-0.2, -0.15) is 10.5 Å². The number of para-hydroxylation sites is 2. The van der Waals surface area contributed by atoms with Gasteiger partial charge in [-0.1, -0.05) is 142 Å². The third-order valence-corrected chi connectivity index (χ3v) is 14.7. The molecule has 340 valence electrons. The van der Waals surface area contributed by atoms with E-state index in [9.17, 15) is 15.6 Å². The Kier molecular flexibility index (Phi) is 18.0. The van der Waals surface area contributed by atoms with Crippen LogP contribution in [0.1, 0.15) is 128 Å². The number of anilines is 1. The summed E-state index contributed by atoms with van der Waals surface area (Å²) in [5, 5.41) is 43.6. The van der Waals surface area contributed by atoms with Gasteiger partial charge in [0.1, 0.15) is 33.5 Å². The highest BCUT2D eigenvalue weighted by Crippen LogP contribution is 2.51. The lowest BCUT2D eigenvalue weighted by Crippen LogP contribution is -2.33. The molecule has 1 saturated heterocycles. The second-order valence-electron chi connectivity index (χ2n) is 16.8. The number of thioether (sulfide) groups is 1. The summed E-state index contributed by atoms with van der Waals surface area (Å²) in [5.74, 6) is 2.22. The fourth-order valence-electron chi connectivity index (χ4n) is 8.46. The topological polar surface area (TPSA) is 126 Å². The number of hydrogen-bond donors (Lipinski definition) is 4. The molecule has 3 aliphatic rings. The number of unbranched alkanes of at least 4 members (excludes halogenated alkanes) is 2. The molecule has 0 aliphatic carbocycles. The molecule has 0 radical (unpaired) electrons. The minimum absolute atomic E-state index is 0.157. The van der Waals surface area contributed by atoms with Gasteiger partial charge in [0, 0.05) is 27.8 Å². The Morgan fingerprint density at radius 3 is 2.22 bits per heavy atom. The standard InChI is InChI=1S/C45H42N6O2S2.C8H18.C2H6/c1-3-5-10-27(4-2)26-53-31-21-17-28(18-22-31)37-23-32-40(43(48-37)34(25-47)45-50-36-12-7-9-14-39(36)55-45)41(29-15-19-30(52)20-16-29)51-42(32)33(24-46)44-49-35-11-6-8-13-38(35)54-44;1-4-6-7-8(3)5-2;1-2/h6-9,11-22,27,32,37,44,48-49,51-52H,3-5,10,23,26H2,1-2H3;8H,4-7H2,1-3H3;1-2H3/b42-33-,43-34-;;. The van der Waals surface area contributed by atoms with Crippen LogP contribution >= 0.6 is 23.1 Å². The first-order valence-electron chi connectivity index (χ1n) is 23.8. The van der Waals surface area contributed by atoms with Gasteiger partial charge >= 0.3 is 0 Å². The molecule has 5 atom stereocenters. The summed E-state index contributed by atoms with van der Waals surface area (Å²) in [7, 11) is 0. The van der Waals surface area contributed by atoms with Crippen LogP contribution in [0.25, 0.3) is 21.5 Å². The van der Waals surface area contributed by atoms with Crippen LogP contribution in [0, 0.1) is 40.4 Å². The first-order valence-corrected chi connectivity index (χ1v) is 25.4. The van der Waals surface area contributed by atoms with Crippen LogP contribution in [0.15, 0.2) is 124 Å². The fourth-order valence-corrected chi connectivity index (χ4v) is 10.6. The third-order valence-electron chi connectivity index (χ3n) is 12.5. The minimum Gasteiger partial charge on any atom is -0.508 e. The molecule has 8 nitrogen and oxygen atoms in total. The number of benzene rings is 4. The molecule has 4 heterocycles. The molecule has 0 saturated carbocycles. The molecule has 1 fully saturated rings. The summed E-state index contributed by atoms with van der Waals surface area (Å²) in [5.41, 5.74) is 7.97. The molecular formula is C55H66N6O2S2. The second-order valence-corrected chi connectivity index (χ2v) is 19.0. The number of nitriles is 2. The maximum absolute atomic E-state index is 11.0. The molecule has 8 rings (SSSR count). The van der Waals surface area contributed by atoms with Crippen molar-refractivity contribution in [1.82, 2.24) is 15.6 Å². The van der Waals surface area contributed by atoms with Gasteiger partial charge in [0.05, 0.1) is 45.9 Å². The molecule has 0 bridgehead atoms. The van der Waals surface area contributed by atoms with E-state index in [0.717, 1.165) is 67.0 Å².